The Morgan fingerprint density at radius 1 is 1.11 bits per heavy atom. The van der Waals surface area contributed by atoms with Crippen LogP contribution in [-0.2, 0) is 0 Å². The molecular weight excluding hydrogens is 350 g/mol. The Morgan fingerprint density at radius 3 is 2.56 bits per heavy atom. The molecule has 0 amide bonds. The SMILES string of the molecule is O=[N+]([O-])c1c(Nc2cccc(O)c2)cc(N2CCCCCC2)c2nonc12. The number of nitro groups is 1. The summed E-state index contributed by atoms with van der Waals surface area (Å²) in [4.78, 5) is 13.4. The molecule has 2 heterocycles. The van der Waals surface area contributed by atoms with Crippen LogP contribution < -0.4 is 10.2 Å². The van der Waals surface area contributed by atoms with Crippen molar-refractivity contribution in [3.63, 3.8) is 0 Å². The highest BCUT2D eigenvalue weighted by Crippen LogP contribution is 2.40. The lowest BCUT2D eigenvalue weighted by atomic mass is 10.1. The zero-order valence-electron chi connectivity index (χ0n) is 14.6. The number of benzene rings is 2. The molecule has 1 aliphatic rings. The maximum absolute atomic E-state index is 11.7. The minimum atomic E-state index is -0.496. The highest BCUT2D eigenvalue weighted by molar-refractivity contribution is 6.00. The number of fused-ring (bicyclic) bond motifs is 1. The molecule has 9 heteroatoms. The standard InChI is InChI=1S/C18H19N5O4/c24-13-7-5-6-12(10-13)19-14-11-15(22-8-3-1-2-4-9-22)16-17(21-27-20-16)18(14)23(25)26/h5-7,10-11,19,24H,1-4,8-9H2. The minimum Gasteiger partial charge on any atom is -0.508 e. The van der Waals surface area contributed by atoms with Gasteiger partial charge in [-0.05, 0) is 41.4 Å². The molecule has 9 nitrogen and oxygen atoms in total. The lowest BCUT2D eigenvalue weighted by Crippen LogP contribution is -2.24. The van der Waals surface area contributed by atoms with Crippen molar-refractivity contribution in [3.05, 3.63) is 40.4 Å². The average molecular weight is 369 g/mol. The molecule has 0 aliphatic carbocycles. The molecule has 1 aromatic heterocycles. The first-order valence-corrected chi connectivity index (χ1v) is 8.88. The number of aromatic hydroxyl groups is 1. The van der Waals surface area contributed by atoms with Gasteiger partial charge in [0.2, 0.25) is 5.52 Å². The van der Waals surface area contributed by atoms with E-state index < -0.39 is 4.92 Å². The predicted octanol–water partition coefficient (Wildman–Crippen LogP) is 3.96. The molecule has 0 unspecified atom stereocenters. The highest BCUT2D eigenvalue weighted by atomic mass is 16.6. The summed E-state index contributed by atoms with van der Waals surface area (Å²) in [6, 6.07) is 8.14. The van der Waals surface area contributed by atoms with Gasteiger partial charge in [-0.15, -0.1) is 0 Å². The average Bonchev–Trinajstić information content (AvgIpc) is 2.95. The van der Waals surface area contributed by atoms with Crippen LogP contribution in [0.2, 0.25) is 0 Å². The second kappa shape index (κ2) is 7.10. The van der Waals surface area contributed by atoms with Crippen LogP contribution in [0.4, 0.5) is 22.7 Å². The number of nitrogens with zero attached hydrogens (tertiary/aromatic N) is 4. The molecule has 2 N–H and O–H groups in total. The van der Waals surface area contributed by atoms with E-state index in [-0.39, 0.29) is 22.6 Å². The van der Waals surface area contributed by atoms with E-state index in [9.17, 15) is 15.2 Å². The molecule has 1 fully saturated rings. The highest BCUT2D eigenvalue weighted by Gasteiger charge is 2.28. The fourth-order valence-electron chi connectivity index (χ4n) is 3.48. The number of hydrogen-bond donors (Lipinski definition) is 2. The van der Waals surface area contributed by atoms with Crippen LogP contribution in [0.15, 0.2) is 35.0 Å². The number of rotatable bonds is 4. The Morgan fingerprint density at radius 2 is 1.85 bits per heavy atom. The Kier molecular flexibility index (Phi) is 4.49. The second-order valence-electron chi connectivity index (χ2n) is 6.59. The van der Waals surface area contributed by atoms with Crippen molar-refractivity contribution >= 4 is 33.8 Å². The number of anilines is 3. The van der Waals surface area contributed by atoms with Crippen molar-refractivity contribution in [2.45, 2.75) is 25.7 Å². The van der Waals surface area contributed by atoms with Crippen molar-refractivity contribution in [1.29, 1.82) is 0 Å². The first-order valence-electron chi connectivity index (χ1n) is 8.88. The van der Waals surface area contributed by atoms with E-state index in [1.54, 1.807) is 18.2 Å². The van der Waals surface area contributed by atoms with Crippen molar-refractivity contribution in [1.82, 2.24) is 10.3 Å². The summed E-state index contributed by atoms with van der Waals surface area (Å²) < 4.78 is 4.84. The molecule has 0 spiro atoms. The van der Waals surface area contributed by atoms with Gasteiger partial charge in [0.25, 0.3) is 0 Å². The number of nitrogens with one attached hydrogen (secondary N) is 1. The first kappa shape index (κ1) is 17.1. The van der Waals surface area contributed by atoms with Crippen LogP contribution in [0.5, 0.6) is 5.75 Å². The van der Waals surface area contributed by atoms with Crippen molar-refractivity contribution in [2.24, 2.45) is 0 Å². The van der Waals surface area contributed by atoms with E-state index in [0.717, 1.165) is 44.5 Å². The molecule has 0 atom stereocenters. The number of nitro benzene ring substituents is 1. The van der Waals surface area contributed by atoms with Gasteiger partial charge in [-0.3, -0.25) is 10.1 Å². The molecule has 140 valence electrons. The first-order chi connectivity index (χ1) is 13.1. The van der Waals surface area contributed by atoms with Gasteiger partial charge in [-0.25, -0.2) is 4.63 Å². The summed E-state index contributed by atoms with van der Waals surface area (Å²) in [5.74, 6) is 0.0691. The Balaban J connectivity index is 1.85. The number of aromatic nitrogens is 2. The fraction of sp³-hybridized carbons (Fsp3) is 0.333. The van der Waals surface area contributed by atoms with Gasteiger partial charge in [0, 0.05) is 24.8 Å². The Labute approximate surface area is 154 Å². The molecular formula is C18H19N5O4. The third-order valence-corrected chi connectivity index (χ3v) is 4.75. The van der Waals surface area contributed by atoms with Crippen LogP contribution >= 0.6 is 0 Å². The van der Waals surface area contributed by atoms with E-state index in [1.807, 2.05) is 0 Å². The van der Waals surface area contributed by atoms with Gasteiger partial charge in [-0.2, -0.15) is 0 Å². The number of phenols is 1. The van der Waals surface area contributed by atoms with Crippen LogP contribution in [0, 0.1) is 10.1 Å². The van der Waals surface area contributed by atoms with Crippen molar-refractivity contribution in [3.8, 4) is 5.75 Å². The maximum Gasteiger partial charge on any atom is 0.324 e. The summed E-state index contributed by atoms with van der Waals surface area (Å²) in [6.07, 6.45) is 4.44. The molecule has 0 radical (unpaired) electrons. The van der Waals surface area contributed by atoms with E-state index >= 15 is 0 Å². The molecule has 0 saturated carbocycles. The minimum absolute atomic E-state index is 0.0691. The maximum atomic E-state index is 11.7. The van der Waals surface area contributed by atoms with Gasteiger partial charge in [0.05, 0.1) is 10.6 Å². The Bertz CT molecular complexity index is 979. The van der Waals surface area contributed by atoms with E-state index in [2.05, 4.69) is 20.5 Å². The summed E-state index contributed by atoms with van der Waals surface area (Å²) in [5.41, 5.74) is 1.90. The molecule has 1 aliphatic heterocycles. The number of phenolic OH excluding ortho intramolecular Hbond substituents is 1. The van der Waals surface area contributed by atoms with Crippen molar-refractivity contribution < 1.29 is 14.7 Å². The number of hydrogen-bond acceptors (Lipinski definition) is 8. The van der Waals surface area contributed by atoms with E-state index in [1.165, 1.54) is 12.1 Å². The summed E-state index contributed by atoms with van der Waals surface area (Å²) >= 11 is 0. The molecule has 2 aromatic carbocycles. The fourth-order valence-corrected chi connectivity index (χ4v) is 3.48. The summed E-state index contributed by atoms with van der Waals surface area (Å²) in [6.45, 7) is 1.71. The van der Waals surface area contributed by atoms with Gasteiger partial charge in [0.1, 0.15) is 11.4 Å². The topological polar surface area (TPSA) is 118 Å². The smallest absolute Gasteiger partial charge is 0.324 e. The monoisotopic (exact) mass is 369 g/mol. The van der Waals surface area contributed by atoms with Gasteiger partial charge >= 0.3 is 5.69 Å². The van der Waals surface area contributed by atoms with Crippen LogP contribution in [-0.4, -0.2) is 33.4 Å². The van der Waals surface area contributed by atoms with Gasteiger partial charge in [0.15, 0.2) is 5.52 Å². The quantitative estimate of drug-likeness (QED) is 0.524. The largest absolute Gasteiger partial charge is 0.508 e. The molecule has 3 aromatic rings. The van der Waals surface area contributed by atoms with Crippen LogP contribution in [0.3, 0.4) is 0 Å². The summed E-state index contributed by atoms with van der Waals surface area (Å²) in [5, 5.41) is 32.2. The lowest BCUT2D eigenvalue weighted by Gasteiger charge is -2.23. The van der Waals surface area contributed by atoms with E-state index in [4.69, 9.17) is 4.63 Å². The second-order valence-corrected chi connectivity index (χ2v) is 6.59. The third-order valence-electron chi connectivity index (χ3n) is 4.75. The molecule has 0 bridgehead atoms. The van der Waals surface area contributed by atoms with Crippen LogP contribution in [0.25, 0.3) is 11.0 Å². The van der Waals surface area contributed by atoms with E-state index in [0.29, 0.717) is 11.2 Å². The lowest BCUT2D eigenvalue weighted by molar-refractivity contribution is -0.382. The van der Waals surface area contributed by atoms with Crippen LogP contribution in [0.1, 0.15) is 25.7 Å². The van der Waals surface area contributed by atoms with Gasteiger partial charge in [-0.1, -0.05) is 18.9 Å². The molecule has 4 rings (SSSR count). The zero-order chi connectivity index (χ0) is 18.8. The normalized spacial score (nSPS) is 14.9. The van der Waals surface area contributed by atoms with Crippen molar-refractivity contribution in [2.75, 3.05) is 23.3 Å². The molecule has 27 heavy (non-hydrogen) atoms. The summed E-state index contributed by atoms with van der Waals surface area (Å²) in [7, 11) is 0. The zero-order valence-corrected chi connectivity index (χ0v) is 14.6. The predicted molar refractivity (Wildman–Crippen MR) is 101 cm³/mol. The Hall–Kier alpha value is -3.36. The van der Waals surface area contributed by atoms with Gasteiger partial charge < -0.3 is 15.3 Å². The third kappa shape index (κ3) is 3.35. The molecule has 1 saturated heterocycles.